The molecular formula is C76H130O6. The molecule has 0 amide bonds. The highest BCUT2D eigenvalue weighted by Gasteiger charge is 2.19. The van der Waals surface area contributed by atoms with E-state index in [-0.39, 0.29) is 31.1 Å². The van der Waals surface area contributed by atoms with Gasteiger partial charge in [-0.05, 0) is 122 Å². The van der Waals surface area contributed by atoms with Crippen LogP contribution in [0.25, 0.3) is 0 Å². The van der Waals surface area contributed by atoms with E-state index in [9.17, 15) is 14.4 Å². The van der Waals surface area contributed by atoms with Crippen molar-refractivity contribution in [3.63, 3.8) is 0 Å². The van der Waals surface area contributed by atoms with Crippen molar-refractivity contribution in [2.24, 2.45) is 0 Å². The van der Waals surface area contributed by atoms with Crippen LogP contribution in [0.2, 0.25) is 0 Å². The predicted octanol–water partition coefficient (Wildman–Crippen LogP) is 24.2. The summed E-state index contributed by atoms with van der Waals surface area (Å²) in [6.45, 7) is 6.49. The van der Waals surface area contributed by atoms with Crippen molar-refractivity contribution in [2.45, 2.75) is 341 Å². The molecule has 6 nitrogen and oxygen atoms in total. The topological polar surface area (TPSA) is 78.9 Å². The molecule has 0 fully saturated rings. The zero-order valence-electron chi connectivity index (χ0n) is 54.0. The minimum absolute atomic E-state index is 0.0897. The molecule has 0 aliphatic carbocycles. The van der Waals surface area contributed by atoms with Gasteiger partial charge in [0.1, 0.15) is 13.2 Å². The first-order valence-electron chi connectivity index (χ1n) is 34.9. The summed E-state index contributed by atoms with van der Waals surface area (Å²) < 4.78 is 17.0. The Kier molecular flexibility index (Phi) is 66.2. The monoisotopic (exact) mass is 1140 g/mol. The van der Waals surface area contributed by atoms with E-state index in [4.69, 9.17) is 14.2 Å². The first-order chi connectivity index (χ1) is 40.5. The van der Waals surface area contributed by atoms with E-state index in [1.807, 2.05) is 0 Å². The summed E-state index contributed by atoms with van der Waals surface area (Å²) in [4.78, 5) is 38.4. The van der Waals surface area contributed by atoms with Gasteiger partial charge in [0.15, 0.2) is 6.10 Å². The Balaban J connectivity index is 4.35. The van der Waals surface area contributed by atoms with Gasteiger partial charge in [0.25, 0.3) is 0 Å². The second kappa shape index (κ2) is 69.6. The van der Waals surface area contributed by atoms with E-state index < -0.39 is 6.10 Å². The number of hydrogen-bond donors (Lipinski definition) is 0. The standard InChI is InChI=1S/C76H130O6/c1-4-7-10-13-16-19-22-25-28-30-32-34-36-38-40-42-44-46-48-51-54-57-60-63-66-69-75(78)81-72-73(71-80-74(77)68-65-62-59-56-53-50-27-24-21-18-15-12-9-6-3)82-76(79)70-67-64-61-58-55-52-49-47-45-43-41-39-37-35-33-31-29-26-23-20-17-14-11-8-5-2/h7,10,15-16,18-19,24-25,27-28,31-34,38,40,44,46,73H,4-6,8-9,11-14,17,20-23,26,29-30,35-37,39,41-43,45,47-72H2,1-3H3/b10-7-,18-15-,19-16-,27-24-,28-25-,33-31-,34-32-,40-38-,46-44-. The first-order valence-corrected chi connectivity index (χ1v) is 34.9. The van der Waals surface area contributed by atoms with Gasteiger partial charge in [0.2, 0.25) is 0 Å². The molecule has 1 unspecified atom stereocenters. The minimum Gasteiger partial charge on any atom is -0.462 e. The summed E-state index contributed by atoms with van der Waals surface area (Å²) in [6.07, 6.45) is 95.4. The van der Waals surface area contributed by atoms with Gasteiger partial charge in [0.05, 0.1) is 0 Å². The number of carbonyl (C=O) groups is 3. The molecule has 6 heteroatoms. The van der Waals surface area contributed by atoms with E-state index in [1.54, 1.807) is 0 Å². The van der Waals surface area contributed by atoms with Crippen LogP contribution >= 0.6 is 0 Å². The van der Waals surface area contributed by atoms with Gasteiger partial charge >= 0.3 is 17.9 Å². The highest BCUT2D eigenvalue weighted by Crippen LogP contribution is 2.17. The average Bonchev–Trinajstić information content (AvgIpc) is 3.47. The number of unbranched alkanes of at least 4 members (excludes halogenated alkanes) is 34. The second-order valence-electron chi connectivity index (χ2n) is 23.1. The summed E-state index contributed by atoms with van der Waals surface area (Å²) in [5.74, 6) is -0.905. The normalized spacial score (nSPS) is 12.8. The summed E-state index contributed by atoms with van der Waals surface area (Å²) >= 11 is 0. The lowest BCUT2D eigenvalue weighted by Crippen LogP contribution is -2.30. The van der Waals surface area contributed by atoms with E-state index >= 15 is 0 Å². The number of ether oxygens (including phenoxy) is 3. The van der Waals surface area contributed by atoms with Crippen LogP contribution in [0.15, 0.2) is 109 Å². The largest absolute Gasteiger partial charge is 0.462 e. The molecule has 0 saturated heterocycles. The SMILES string of the molecule is CC/C=C\C/C=C\C/C=C\C/C=C\C/C=C\C/C=C\CCCCCCCCC(=O)OCC(COC(=O)CCCCCCC/C=C\C/C=C\CCCC)OC(=O)CCCCCCCCCCCCCCC/C=C\CCCCCCCCCC. The number of rotatable bonds is 63. The lowest BCUT2D eigenvalue weighted by atomic mass is 10.0. The maximum atomic E-state index is 13.0. The zero-order chi connectivity index (χ0) is 59.2. The molecule has 82 heavy (non-hydrogen) atoms. The third-order valence-electron chi connectivity index (χ3n) is 15.0. The molecule has 0 radical (unpaired) electrons. The summed E-state index contributed by atoms with van der Waals surface area (Å²) in [6, 6.07) is 0. The molecule has 0 aromatic rings. The smallest absolute Gasteiger partial charge is 0.306 e. The van der Waals surface area contributed by atoms with Crippen LogP contribution in [0, 0.1) is 0 Å². The molecule has 470 valence electrons. The molecule has 0 saturated carbocycles. The Morgan fingerprint density at radius 3 is 0.793 bits per heavy atom. The maximum Gasteiger partial charge on any atom is 0.306 e. The Morgan fingerprint density at radius 2 is 0.488 bits per heavy atom. The average molecular weight is 1140 g/mol. The fourth-order valence-corrected chi connectivity index (χ4v) is 9.75. The molecule has 0 aliphatic rings. The van der Waals surface area contributed by atoms with Gasteiger partial charge in [-0.2, -0.15) is 0 Å². The lowest BCUT2D eigenvalue weighted by Gasteiger charge is -2.18. The predicted molar refractivity (Wildman–Crippen MR) is 357 cm³/mol. The van der Waals surface area contributed by atoms with E-state index in [0.717, 1.165) is 135 Å². The van der Waals surface area contributed by atoms with Crippen molar-refractivity contribution < 1.29 is 28.6 Å². The second-order valence-corrected chi connectivity index (χ2v) is 23.1. The molecule has 1 atom stereocenters. The number of carbonyl (C=O) groups excluding carboxylic acids is 3. The van der Waals surface area contributed by atoms with Crippen LogP contribution in [0.1, 0.15) is 335 Å². The highest BCUT2D eigenvalue weighted by atomic mass is 16.6. The third-order valence-corrected chi connectivity index (χ3v) is 15.0. The van der Waals surface area contributed by atoms with Gasteiger partial charge in [-0.3, -0.25) is 14.4 Å². The Hall–Kier alpha value is -3.93. The molecule has 0 aliphatic heterocycles. The van der Waals surface area contributed by atoms with Crippen LogP contribution in [-0.4, -0.2) is 37.2 Å². The van der Waals surface area contributed by atoms with Crippen molar-refractivity contribution >= 4 is 17.9 Å². The third kappa shape index (κ3) is 66.9. The molecule has 0 aromatic heterocycles. The summed E-state index contributed by atoms with van der Waals surface area (Å²) in [5.41, 5.74) is 0. The van der Waals surface area contributed by atoms with Crippen molar-refractivity contribution in [1.82, 2.24) is 0 Å². The molecule has 0 spiro atoms. The quantitative estimate of drug-likeness (QED) is 0.0261. The molecule has 0 heterocycles. The molecule has 0 bridgehead atoms. The van der Waals surface area contributed by atoms with Gasteiger partial charge in [-0.1, -0.05) is 304 Å². The Morgan fingerprint density at radius 1 is 0.256 bits per heavy atom. The van der Waals surface area contributed by atoms with Crippen LogP contribution in [-0.2, 0) is 28.6 Å². The Bertz CT molecular complexity index is 1640. The summed E-state index contributed by atoms with van der Waals surface area (Å²) in [7, 11) is 0. The molecule has 0 rings (SSSR count). The van der Waals surface area contributed by atoms with Crippen LogP contribution in [0.3, 0.4) is 0 Å². The zero-order valence-corrected chi connectivity index (χ0v) is 54.0. The fourth-order valence-electron chi connectivity index (χ4n) is 9.75. The summed E-state index contributed by atoms with van der Waals surface area (Å²) in [5, 5.41) is 0. The lowest BCUT2D eigenvalue weighted by molar-refractivity contribution is -0.167. The van der Waals surface area contributed by atoms with E-state index in [0.29, 0.717) is 19.3 Å². The van der Waals surface area contributed by atoms with Gasteiger partial charge < -0.3 is 14.2 Å². The first kappa shape index (κ1) is 78.1. The molecule has 0 N–H and O–H groups in total. The molecule has 0 aromatic carbocycles. The van der Waals surface area contributed by atoms with Crippen molar-refractivity contribution in [3.8, 4) is 0 Å². The minimum atomic E-state index is -0.794. The highest BCUT2D eigenvalue weighted by molar-refractivity contribution is 5.71. The van der Waals surface area contributed by atoms with Crippen LogP contribution < -0.4 is 0 Å². The van der Waals surface area contributed by atoms with E-state index in [2.05, 4.69) is 130 Å². The fraction of sp³-hybridized carbons (Fsp3) is 0.724. The van der Waals surface area contributed by atoms with Crippen LogP contribution in [0.4, 0.5) is 0 Å². The van der Waals surface area contributed by atoms with Crippen molar-refractivity contribution in [1.29, 1.82) is 0 Å². The maximum absolute atomic E-state index is 13.0. The van der Waals surface area contributed by atoms with E-state index in [1.165, 1.54) is 161 Å². The number of hydrogen-bond acceptors (Lipinski definition) is 6. The number of allylic oxidation sites excluding steroid dienone is 18. The van der Waals surface area contributed by atoms with Gasteiger partial charge in [0, 0.05) is 19.3 Å². The Labute approximate surface area is 508 Å². The van der Waals surface area contributed by atoms with Gasteiger partial charge in [-0.15, -0.1) is 0 Å². The van der Waals surface area contributed by atoms with Crippen molar-refractivity contribution in [2.75, 3.05) is 13.2 Å². The molecular weight excluding hydrogens is 1010 g/mol. The van der Waals surface area contributed by atoms with Crippen LogP contribution in [0.5, 0.6) is 0 Å². The number of esters is 3. The van der Waals surface area contributed by atoms with Gasteiger partial charge in [-0.25, -0.2) is 0 Å². The van der Waals surface area contributed by atoms with Crippen molar-refractivity contribution in [3.05, 3.63) is 109 Å².